The van der Waals surface area contributed by atoms with Crippen LogP contribution in [0.5, 0.6) is 0 Å². The van der Waals surface area contributed by atoms with Crippen LogP contribution < -0.4 is 0 Å². The van der Waals surface area contributed by atoms with Gasteiger partial charge in [-0.05, 0) is 28.1 Å². The molecule has 0 bridgehead atoms. The first-order valence-corrected chi connectivity index (χ1v) is 10.3. The number of ether oxygens (including phenoxy) is 1. The Morgan fingerprint density at radius 2 is 2.20 bits per heavy atom. The van der Waals surface area contributed by atoms with Crippen LogP contribution in [0.25, 0.3) is 10.9 Å². The summed E-state index contributed by atoms with van der Waals surface area (Å²) < 4.78 is 6.03. The van der Waals surface area contributed by atoms with Gasteiger partial charge in [0.15, 0.2) is 0 Å². The average Bonchev–Trinajstić information content (AvgIpc) is 3.36. The normalized spacial score (nSPS) is 23.2. The number of para-hydroxylation sites is 1. The van der Waals surface area contributed by atoms with Gasteiger partial charge in [-0.2, -0.15) is 0 Å². The number of hydrogen-bond acceptors (Lipinski definition) is 7. The highest BCUT2D eigenvalue weighted by atomic mass is 79.9. The number of aliphatic hydroxyl groups is 1. The van der Waals surface area contributed by atoms with E-state index in [4.69, 9.17) is 9.57 Å². The standard InChI is InChI=1S/C20H21BrN4O5/c1-24(18-8-17(21)23-30-18)19(27)16-7-14(26)10-25(16)20(28)29-11-12-6-13-4-2-3-5-15(13)22-9-12/h2-6,9,14,16,18,26H,7-8,10-11H2,1H3/t14-,16-,18-/m0/s1. The predicted octanol–water partition coefficient (Wildman–Crippen LogP) is 2.22. The second-order valence-electron chi connectivity index (χ2n) is 7.33. The van der Waals surface area contributed by atoms with E-state index >= 15 is 0 Å². The van der Waals surface area contributed by atoms with Gasteiger partial charge in [-0.3, -0.25) is 14.7 Å². The first-order valence-electron chi connectivity index (χ1n) is 9.52. The van der Waals surface area contributed by atoms with Crippen LogP contribution in [0.15, 0.2) is 41.7 Å². The van der Waals surface area contributed by atoms with Crippen LogP contribution in [0, 0.1) is 0 Å². The zero-order valence-corrected chi connectivity index (χ0v) is 17.9. The zero-order valence-electron chi connectivity index (χ0n) is 16.3. The molecular formula is C20H21BrN4O5. The first-order chi connectivity index (χ1) is 14.4. The van der Waals surface area contributed by atoms with Gasteiger partial charge in [-0.15, -0.1) is 0 Å². The number of halogens is 1. The van der Waals surface area contributed by atoms with Crippen LogP contribution in [-0.2, 0) is 21.0 Å². The number of carbonyl (C=O) groups excluding carboxylic acids is 2. The van der Waals surface area contributed by atoms with Gasteiger partial charge in [0, 0.05) is 30.6 Å². The molecule has 1 fully saturated rings. The number of aliphatic hydroxyl groups excluding tert-OH is 1. The number of carbonyl (C=O) groups is 2. The Hall–Kier alpha value is -2.72. The highest BCUT2D eigenvalue weighted by Gasteiger charge is 2.43. The van der Waals surface area contributed by atoms with Crippen molar-refractivity contribution in [1.29, 1.82) is 0 Å². The molecule has 10 heteroatoms. The molecule has 0 aliphatic carbocycles. The fraction of sp³-hybridized carbons (Fsp3) is 0.400. The number of fused-ring (bicyclic) bond motifs is 1. The number of oxime groups is 1. The minimum Gasteiger partial charge on any atom is -0.444 e. The van der Waals surface area contributed by atoms with E-state index in [9.17, 15) is 14.7 Å². The van der Waals surface area contributed by atoms with Gasteiger partial charge in [0.1, 0.15) is 17.3 Å². The maximum Gasteiger partial charge on any atom is 0.410 e. The lowest BCUT2D eigenvalue weighted by Gasteiger charge is -2.29. The van der Waals surface area contributed by atoms with Crippen molar-refractivity contribution in [3.8, 4) is 0 Å². The number of benzene rings is 1. The monoisotopic (exact) mass is 476 g/mol. The lowest BCUT2D eigenvalue weighted by atomic mass is 10.1. The van der Waals surface area contributed by atoms with E-state index in [1.165, 1.54) is 9.80 Å². The smallest absolute Gasteiger partial charge is 0.410 e. The Labute approximate surface area is 181 Å². The molecular weight excluding hydrogens is 456 g/mol. The molecule has 1 N–H and O–H groups in total. The second-order valence-corrected chi connectivity index (χ2v) is 8.24. The van der Waals surface area contributed by atoms with E-state index < -0.39 is 24.5 Å². The number of aromatic nitrogens is 1. The summed E-state index contributed by atoms with van der Waals surface area (Å²) in [7, 11) is 1.59. The van der Waals surface area contributed by atoms with Crippen molar-refractivity contribution in [3.05, 3.63) is 42.1 Å². The highest BCUT2D eigenvalue weighted by molar-refractivity contribution is 9.18. The molecule has 0 saturated carbocycles. The highest BCUT2D eigenvalue weighted by Crippen LogP contribution is 2.24. The van der Waals surface area contributed by atoms with Crippen molar-refractivity contribution >= 4 is 43.5 Å². The van der Waals surface area contributed by atoms with E-state index in [2.05, 4.69) is 26.1 Å². The number of β-amino-alcohol motifs (C(OH)–C–C–N with tert-alkyl or cyclic N) is 1. The molecule has 0 radical (unpaired) electrons. The molecule has 0 unspecified atom stereocenters. The van der Waals surface area contributed by atoms with Crippen LogP contribution >= 0.6 is 15.9 Å². The maximum atomic E-state index is 12.9. The Kier molecular flexibility index (Phi) is 5.87. The molecule has 9 nitrogen and oxygen atoms in total. The van der Waals surface area contributed by atoms with Crippen molar-refractivity contribution in [1.82, 2.24) is 14.8 Å². The number of amides is 2. The molecule has 2 aliphatic rings. The molecule has 1 aromatic heterocycles. The summed E-state index contributed by atoms with van der Waals surface area (Å²) in [6.45, 7) is 0.0529. The molecule has 1 aromatic carbocycles. The van der Waals surface area contributed by atoms with Crippen LogP contribution in [0.1, 0.15) is 18.4 Å². The second kappa shape index (κ2) is 8.57. The molecule has 3 heterocycles. The number of pyridine rings is 1. The van der Waals surface area contributed by atoms with E-state index in [0.29, 0.717) is 11.0 Å². The lowest BCUT2D eigenvalue weighted by molar-refractivity contribution is -0.145. The number of likely N-dealkylation sites (N-methyl/N-ethyl adjacent to an activating group) is 1. The Balaban J connectivity index is 1.40. The van der Waals surface area contributed by atoms with E-state index in [0.717, 1.165) is 16.5 Å². The Bertz CT molecular complexity index is 1000. The van der Waals surface area contributed by atoms with Gasteiger partial charge < -0.3 is 19.6 Å². The van der Waals surface area contributed by atoms with Crippen LogP contribution in [0.4, 0.5) is 4.79 Å². The van der Waals surface area contributed by atoms with Gasteiger partial charge in [0.05, 0.1) is 24.6 Å². The number of likely N-dealkylation sites (tertiary alicyclic amines) is 1. The van der Waals surface area contributed by atoms with Gasteiger partial charge in [-0.1, -0.05) is 23.4 Å². The first kappa shape index (κ1) is 20.5. The minimum absolute atomic E-state index is 0.0204. The summed E-state index contributed by atoms with van der Waals surface area (Å²) in [5.41, 5.74) is 1.59. The SMILES string of the molecule is CN(C(=O)[C@@H]1C[C@H](O)CN1C(=O)OCc1cnc2ccccc2c1)[C@@H]1CC(Br)=NO1. The van der Waals surface area contributed by atoms with Crippen molar-refractivity contribution in [2.45, 2.75) is 37.8 Å². The summed E-state index contributed by atoms with van der Waals surface area (Å²) in [5.74, 6) is -0.335. The lowest BCUT2D eigenvalue weighted by Crippen LogP contribution is -2.49. The molecule has 2 amide bonds. The fourth-order valence-electron chi connectivity index (χ4n) is 3.59. The summed E-state index contributed by atoms with van der Waals surface area (Å²) >= 11 is 3.24. The molecule has 2 aromatic rings. The third kappa shape index (κ3) is 4.24. The number of rotatable bonds is 4. The van der Waals surface area contributed by atoms with Crippen molar-refractivity contribution in [2.24, 2.45) is 5.16 Å². The largest absolute Gasteiger partial charge is 0.444 e. The van der Waals surface area contributed by atoms with E-state index in [1.54, 1.807) is 13.2 Å². The summed E-state index contributed by atoms with van der Waals surface area (Å²) in [6.07, 6.45) is 0.221. The molecule has 3 atom stereocenters. The maximum absolute atomic E-state index is 12.9. The zero-order chi connectivity index (χ0) is 21.3. The quantitative estimate of drug-likeness (QED) is 0.725. The van der Waals surface area contributed by atoms with Gasteiger partial charge >= 0.3 is 6.09 Å². The van der Waals surface area contributed by atoms with E-state index in [-0.39, 0.29) is 25.5 Å². The third-order valence-corrected chi connectivity index (χ3v) is 5.67. The van der Waals surface area contributed by atoms with Crippen LogP contribution in [0.2, 0.25) is 0 Å². The van der Waals surface area contributed by atoms with Gasteiger partial charge in [0.2, 0.25) is 12.1 Å². The fourth-order valence-corrected chi connectivity index (χ4v) is 3.96. The predicted molar refractivity (Wildman–Crippen MR) is 112 cm³/mol. The van der Waals surface area contributed by atoms with Crippen molar-refractivity contribution in [2.75, 3.05) is 13.6 Å². The summed E-state index contributed by atoms with van der Waals surface area (Å²) in [5, 5.41) is 14.8. The van der Waals surface area contributed by atoms with E-state index in [1.807, 2.05) is 30.3 Å². The molecule has 0 spiro atoms. The number of hydrogen-bond donors (Lipinski definition) is 1. The Morgan fingerprint density at radius 3 is 2.97 bits per heavy atom. The van der Waals surface area contributed by atoms with Gasteiger partial charge in [0.25, 0.3) is 0 Å². The summed E-state index contributed by atoms with van der Waals surface area (Å²) in [4.78, 5) is 37.8. The molecule has 2 aliphatic heterocycles. The molecule has 1 saturated heterocycles. The third-order valence-electron chi connectivity index (χ3n) is 5.20. The van der Waals surface area contributed by atoms with Crippen molar-refractivity contribution in [3.63, 3.8) is 0 Å². The average molecular weight is 477 g/mol. The molecule has 158 valence electrons. The van der Waals surface area contributed by atoms with Gasteiger partial charge in [-0.25, -0.2) is 4.79 Å². The van der Waals surface area contributed by atoms with Crippen LogP contribution in [0.3, 0.4) is 0 Å². The molecule has 30 heavy (non-hydrogen) atoms. The Morgan fingerprint density at radius 1 is 1.40 bits per heavy atom. The number of nitrogens with zero attached hydrogens (tertiary/aromatic N) is 4. The minimum atomic E-state index is -0.824. The van der Waals surface area contributed by atoms with Crippen molar-refractivity contribution < 1.29 is 24.3 Å². The molecule has 4 rings (SSSR count). The van der Waals surface area contributed by atoms with Crippen LogP contribution in [-0.4, -0.2) is 68.5 Å². The topological polar surface area (TPSA) is 105 Å². The summed E-state index contributed by atoms with van der Waals surface area (Å²) in [6, 6.07) is 8.73.